The van der Waals surface area contributed by atoms with Crippen LogP contribution in [0, 0.1) is 23.1 Å². The van der Waals surface area contributed by atoms with Gasteiger partial charge < -0.3 is 14.6 Å². The highest BCUT2D eigenvalue weighted by Crippen LogP contribution is 2.29. The molecule has 0 aliphatic rings. The molecular formula is C22H22ClFO4. The van der Waals surface area contributed by atoms with Crippen LogP contribution in [-0.2, 0) is 16.1 Å². The molecule has 0 radical (unpaired) electrons. The maximum Gasteiger partial charge on any atom is 0.345 e. The monoisotopic (exact) mass is 404 g/mol. The number of halogens is 2. The van der Waals surface area contributed by atoms with Gasteiger partial charge in [0.25, 0.3) is 0 Å². The van der Waals surface area contributed by atoms with Gasteiger partial charge in [0.05, 0.1) is 17.7 Å². The molecule has 0 heterocycles. The van der Waals surface area contributed by atoms with Crippen molar-refractivity contribution in [3.63, 3.8) is 0 Å². The summed E-state index contributed by atoms with van der Waals surface area (Å²) in [5, 5.41) is 9.90. The second-order valence-corrected chi connectivity index (χ2v) is 7.78. The Morgan fingerprint density at radius 2 is 1.86 bits per heavy atom. The van der Waals surface area contributed by atoms with Crippen molar-refractivity contribution in [3.8, 4) is 17.6 Å². The van der Waals surface area contributed by atoms with Crippen LogP contribution in [0.1, 0.15) is 37.5 Å². The normalized spacial score (nSPS) is 12.1. The number of benzene rings is 2. The molecule has 1 unspecified atom stereocenters. The van der Waals surface area contributed by atoms with Crippen LogP contribution >= 0.6 is 11.6 Å². The van der Waals surface area contributed by atoms with E-state index in [4.69, 9.17) is 21.1 Å². The first-order valence-electron chi connectivity index (χ1n) is 8.60. The Morgan fingerprint density at radius 3 is 2.46 bits per heavy atom. The average Bonchev–Trinajstić information content (AvgIpc) is 2.60. The number of methoxy groups -OCH3 is 1. The first-order chi connectivity index (χ1) is 13.1. The summed E-state index contributed by atoms with van der Waals surface area (Å²) in [4.78, 5) is 11.6. The zero-order valence-corrected chi connectivity index (χ0v) is 16.9. The number of hydrogen-bond acceptors (Lipinski definition) is 3. The third kappa shape index (κ3) is 5.72. The summed E-state index contributed by atoms with van der Waals surface area (Å²) in [5.41, 5.74) is 0.719. The first kappa shape index (κ1) is 21.7. The maximum atomic E-state index is 14.1. The topological polar surface area (TPSA) is 55.8 Å². The van der Waals surface area contributed by atoms with Crippen LogP contribution in [0.25, 0.3) is 0 Å². The number of rotatable bonds is 5. The zero-order valence-electron chi connectivity index (χ0n) is 16.2. The number of ether oxygens (including phenoxy) is 2. The zero-order chi connectivity index (χ0) is 20.9. The Morgan fingerprint density at radius 1 is 1.18 bits per heavy atom. The summed E-state index contributed by atoms with van der Waals surface area (Å²) < 4.78 is 24.9. The lowest BCUT2D eigenvalue weighted by atomic mass is 9.89. The van der Waals surface area contributed by atoms with Crippen LogP contribution < -0.4 is 4.74 Å². The van der Waals surface area contributed by atoms with Crippen molar-refractivity contribution in [1.29, 1.82) is 0 Å². The van der Waals surface area contributed by atoms with Crippen molar-refractivity contribution in [2.45, 2.75) is 33.5 Å². The van der Waals surface area contributed by atoms with Crippen molar-refractivity contribution in [1.82, 2.24) is 0 Å². The first-order valence-corrected chi connectivity index (χ1v) is 8.98. The van der Waals surface area contributed by atoms with E-state index in [2.05, 4.69) is 11.8 Å². The van der Waals surface area contributed by atoms with E-state index in [1.807, 2.05) is 0 Å². The predicted molar refractivity (Wildman–Crippen MR) is 106 cm³/mol. The fourth-order valence-corrected chi connectivity index (χ4v) is 2.66. The smallest absolute Gasteiger partial charge is 0.345 e. The van der Waals surface area contributed by atoms with Crippen molar-refractivity contribution in [3.05, 3.63) is 63.9 Å². The minimum atomic E-state index is -1.09. The Bertz CT molecular complexity index is 922. The van der Waals surface area contributed by atoms with Crippen LogP contribution in [0.15, 0.2) is 36.4 Å². The highest BCUT2D eigenvalue weighted by atomic mass is 35.5. The minimum absolute atomic E-state index is 0.200. The summed E-state index contributed by atoms with van der Waals surface area (Å²) in [6.45, 7) is 5.64. The molecule has 28 heavy (non-hydrogen) atoms. The van der Waals surface area contributed by atoms with E-state index in [1.165, 1.54) is 6.07 Å². The van der Waals surface area contributed by atoms with Crippen LogP contribution in [0.2, 0.25) is 5.02 Å². The van der Waals surface area contributed by atoms with Gasteiger partial charge in [-0.05, 0) is 35.9 Å². The summed E-state index contributed by atoms with van der Waals surface area (Å²) in [7, 11) is 1.55. The maximum absolute atomic E-state index is 14.1. The highest BCUT2D eigenvalue weighted by molar-refractivity contribution is 6.30. The lowest BCUT2D eigenvalue weighted by molar-refractivity contribution is -0.150. The Kier molecular flexibility index (Phi) is 7.06. The van der Waals surface area contributed by atoms with Gasteiger partial charge in [-0.2, -0.15) is 0 Å². The fourth-order valence-electron chi connectivity index (χ4n) is 2.49. The number of aliphatic carboxylic acids is 1. The molecule has 2 rings (SSSR count). The molecule has 1 atom stereocenters. The van der Waals surface area contributed by atoms with E-state index in [0.717, 1.165) is 5.56 Å². The molecule has 1 N–H and O–H groups in total. The van der Waals surface area contributed by atoms with Gasteiger partial charge in [-0.3, -0.25) is 0 Å². The molecule has 0 spiro atoms. The lowest BCUT2D eigenvalue weighted by Gasteiger charge is -2.28. The Balaban J connectivity index is 2.43. The third-order valence-electron chi connectivity index (χ3n) is 3.87. The number of carbonyl (C=O) groups is 1. The van der Waals surface area contributed by atoms with Crippen LogP contribution in [0.5, 0.6) is 5.75 Å². The van der Waals surface area contributed by atoms with Gasteiger partial charge in [0.1, 0.15) is 11.6 Å². The molecule has 0 saturated carbocycles. The SMILES string of the molecule is COCc1ccc(F)c(C#Cc2cc(Cl)ccc2OC(C(=O)O)C(C)(C)C)c1. The van der Waals surface area contributed by atoms with E-state index in [1.54, 1.807) is 58.2 Å². The summed E-state index contributed by atoms with van der Waals surface area (Å²) in [6, 6.07) is 9.26. The quantitative estimate of drug-likeness (QED) is 0.720. The number of carboxylic acids is 1. The van der Waals surface area contributed by atoms with Crippen molar-refractivity contribution in [2.24, 2.45) is 5.41 Å². The molecule has 0 bridgehead atoms. The Labute approximate surface area is 169 Å². The summed E-state index contributed by atoms with van der Waals surface area (Å²) in [5.74, 6) is 4.34. The molecular weight excluding hydrogens is 383 g/mol. The van der Waals surface area contributed by atoms with Gasteiger partial charge in [0, 0.05) is 17.5 Å². The molecule has 2 aromatic rings. The molecule has 4 nitrogen and oxygen atoms in total. The van der Waals surface area contributed by atoms with Crippen LogP contribution in [0.4, 0.5) is 4.39 Å². The van der Waals surface area contributed by atoms with E-state index < -0.39 is 23.3 Å². The molecule has 0 aromatic heterocycles. The molecule has 0 saturated heterocycles. The van der Waals surface area contributed by atoms with E-state index >= 15 is 0 Å². The highest BCUT2D eigenvalue weighted by Gasteiger charge is 2.33. The standard InChI is InChI=1S/C22H22ClFO4/c1-22(2,3)20(21(25)26)28-19-10-8-17(23)12-16(19)7-6-15-11-14(13-27-4)5-9-18(15)24/h5,8-12,20H,13H2,1-4H3,(H,25,26). The number of carboxylic acid groups (broad SMARTS) is 1. The van der Waals surface area contributed by atoms with Gasteiger partial charge >= 0.3 is 5.97 Å². The second-order valence-electron chi connectivity index (χ2n) is 7.34. The van der Waals surface area contributed by atoms with E-state index in [0.29, 0.717) is 17.2 Å². The molecule has 0 aliphatic carbocycles. The van der Waals surface area contributed by atoms with Gasteiger partial charge in [-0.15, -0.1) is 0 Å². The number of hydrogen-bond donors (Lipinski definition) is 1. The van der Waals surface area contributed by atoms with Gasteiger partial charge in [-0.1, -0.05) is 50.3 Å². The van der Waals surface area contributed by atoms with Crippen LogP contribution in [0.3, 0.4) is 0 Å². The summed E-state index contributed by atoms with van der Waals surface area (Å²) >= 11 is 6.06. The Hall–Kier alpha value is -2.55. The third-order valence-corrected chi connectivity index (χ3v) is 4.11. The average molecular weight is 405 g/mol. The minimum Gasteiger partial charge on any atom is -0.478 e. The molecule has 0 aliphatic heterocycles. The largest absolute Gasteiger partial charge is 0.478 e. The fraction of sp³-hybridized carbons (Fsp3) is 0.318. The molecule has 0 fully saturated rings. The van der Waals surface area contributed by atoms with Crippen molar-refractivity contribution >= 4 is 17.6 Å². The van der Waals surface area contributed by atoms with Crippen molar-refractivity contribution in [2.75, 3.05) is 7.11 Å². The second kappa shape index (κ2) is 9.09. The summed E-state index contributed by atoms with van der Waals surface area (Å²) in [6.07, 6.45) is -1.09. The lowest BCUT2D eigenvalue weighted by Crippen LogP contribution is -2.39. The van der Waals surface area contributed by atoms with Gasteiger partial charge in [-0.25, -0.2) is 9.18 Å². The molecule has 2 aromatic carbocycles. The van der Waals surface area contributed by atoms with E-state index in [9.17, 15) is 14.3 Å². The van der Waals surface area contributed by atoms with Gasteiger partial charge in [0.15, 0.2) is 6.10 Å². The van der Waals surface area contributed by atoms with Gasteiger partial charge in [0.2, 0.25) is 0 Å². The molecule has 6 heteroatoms. The van der Waals surface area contributed by atoms with E-state index in [-0.39, 0.29) is 11.3 Å². The molecule has 0 amide bonds. The van der Waals surface area contributed by atoms with Crippen molar-refractivity contribution < 1.29 is 23.8 Å². The molecule has 148 valence electrons. The van der Waals surface area contributed by atoms with Crippen LogP contribution in [-0.4, -0.2) is 24.3 Å². The predicted octanol–water partition coefficient (Wildman–Crippen LogP) is 4.90.